The van der Waals surface area contributed by atoms with Gasteiger partial charge in [0.05, 0.1) is 17.0 Å². The van der Waals surface area contributed by atoms with Crippen LogP contribution in [0, 0.1) is 5.82 Å². The molecule has 3 N–H and O–H groups in total. The van der Waals surface area contributed by atoms with E-state index in [1.54, 1.807) is 0 Å². The Morgan fingerprint density at radius 3 is 2.48 bits per heavy atom. The average Bonchev–Trinajstić information content (AvgIpc) is 2.96. The molecule has 1 fully saturated rings. The molecule has 2 aliphatic rings. The van der Waals surface area contributed by atoms with Gasteiger partial charge in [-0.15, -0.1) is 11.3 Å². The minimum Gasteiger partial charge on any atom is -0.365 e. The Kier molecular flexibility index (Phi) is 7.13. The molecule has 1 aliphatic carbocycles. The van der Waals surface area contributed by atoms with E-state index in [0.29, 0.717) is 36.6 Å². The number of carbonyl (C=O) groups excluding carboxylic acids is 2. The van der Waals surface area contributed by atoms with Gasteiger partial charge in [-0.3, -0.25) is 14.5 Å². The molecule has 2 amide bonds. The van der Waals surface area contributed by atoms with Crippen molar-refractivity contribution in [2.45, 2.75) is 37.0 Å². The maximum Gasteiger partial charge on any atom is 0.251 e. The number of hydrogen-bond acceptors (Lipinski definition) is 6. The Morgan fingerprint density at radius 2 is 1.76 bits per heavy atom. The quantitative estimate of drug-likeness (QED) is 0.639. The molecule has 0 radical (unpaired) electrons. The van der Waals surface area contributed by atoms with Gasteiger partial charge in [-0.1, -0.05) is 0 Å². The first-order valence-electron chi connectivity index (χ1n) is 11.0. The Hall–Kier alpha value is -2.34. The van der Waals surface area contributed by atoms with Crippen LogP contribution in [0.3, 0.4) is 0 Å². The van der Waals surface area contributed by atoms with Crippen LogP contribution in [0.1, 0.15) is 40.1 Å². The fraction of sp³-hybridized carbons (Fsp3) is 0.455. The Morgan fingerprint density at radius 1 is 1.03 bits per heavy atom. The number of nitrogens with one attached hydrogen (secondary N) is 1. The molecule has 0 saturated carbocycles. The molecule has 8 nitrogen and oxygen atoms in total. The molecule has 4 rings (SSSR count). The third-order valence-electron chi connectivity index (χ3n) is 6.04. The van der Waals surface area contributed by atoms with Gasteiger partial charge in [-0.25, -0.2) is 12.8 Å². The van der Waals surface area contributed by atoms with Crippen LogP contribution < -0.4 is 11.1 Å². The number of fused-ring (bicyclic) bond motifs is 1. The predicted octanol–water partition coefficient (Wildman–Crippen LogP) is 2.20. The number of rotatable bonds is 6. The smallest absolute Gasteiger partial charge is 0.251 e. The molecule has 1 aromatic carbocycles. The second-order valence-corrected chi connectivity index (χ2v) is 11.4. The maximum atomic E-state index is 13.2. The Balaban J connectivity index is 1.39. The van der Waals surface area contributed by atoms with Crippen molar-refractivity contribution >= 4 is 38.2 Å². The van der Waals surface area contributed by atoms with Crippen LogP contribution in [-0.2, 0) is 27.7 Å². The molecule has 178 valence electrons. The van der Waals surface area contributed by atoms with Crippen LogP contribution in [0.15, 0.2) is 29.2 Å². The summed E-state index contributed by atoms with van der Waals surface area (Å²) in [5.74, 6) is -1.28. The van der Waals surface area contributed by atoms with Gasteiger partial charge in [0.25, 0.3) is 5.91 Å². The lowest BCUT2D eigenvalue weighted by Crippen LogP contribution is -2.38. The number of nitrogens with two attached hydrogens (primary N) is 1. The zero-order chi connectivity index (χ0) is 23.6. The van der Waals surface area contributed by atoms with Crippen molar-refractivity contribution in [3.8, 4) is 0 Å². The fourth-order valence-corrected chi connectivity index (χ4v) is 7.17. The molecule has 1 saturated heterocycles. The van der Waals surface area contributed by atoms with Gasteiger partial charge in [0.2, 0.25) is 15.9 Å². The van der Waals surface area contributed by atoms with Crippen LogP contribution in [0.5, 0.6) is 0 Å². The molecule has 1 aromatic heterocycles. The van der Waals surface area contributed by atoms with E-state index >= 15 is 0 Å². The molecule has 1 aliphatic heterocycles. The summed E-state index contributed by atoms with van der Waals surface area (Å²) in [5.41, 5.74) is 6.99. The van der Waals surface area contributed by atoms with Crippen LogP contribution in [-0.4, -0.2) is 62.2 Å². The molecule has 2 aromatic rings. The lowest BCUT2D eigenvalue weighted by molar-refractivity contribution is -0.117. The van der Waals surface area contributed by atoms with E-state index in [4.69, 9.17) is 5.73 Å². The first kappa shape index (κ1) is 23.8. The summed E-state index contributed by atoms with van der Waals surface area (Å²) in [5, 5.41) is 3.37. The first-order valence-corrected chi connectivity index (χ1v) is 13.2. The van der Waals surface area contributed by atoms with Crippen LogP contribution in [0.25, 0.3) is 0 Å². The molecular formula is C22H27FN4O4S2. The second kappa shape index (κ2) is 9.88. The molecule has 0 atom stereocenters. The summed E-state index contributed by atoms with van der Waals surface area (Å²) in [7, 11) is -3.73. The fourth-order valence-electron chi connectivity index (χ4n) is 4.39. The van der Waals surface area contributed by atoms with Crippen molar-refractivity contribution in [2.75, 3.05) is 38.0 Å². The van der Waals surface area contributed by atoms with Gasteiger partial charge < -0.3 is 11.1 Å². The highest BCUT2D eigenvalue weighted by Crippen LogP contribution is 2.37. The average molecular weight is 495 g/mol. The number of aryl methyl sites for hydroxylation is 1. The van der Waals surface area contributed by atoms with E-state index in [2.05, 4.69) is 5.32 Å². The van der Waals surface area contributed by atoms with Gasteiger partial charge in [-0.2, -0.15) is 4.31 Å². The molecular weight excluding hydrogens is 467 g/mol. The number of anilines is 1. The predicted molar refractivity (Wildman–Crippen MR) is 124 cm³/mol. The van der Waals surface area contributed by atoms with E-state index in [1.165, 1.54) is 27.8 Å². The summed E-state index contributed by atoms with van der Waals surface area (Å²) < 4.78 is 40.3. The summed E-state index contributed by atoms with van der Waals surface area (Å²) in [6.07, 6.45) is 4.31. The van der Waals surface area contributed by atoms with Gasteiger partial charge >= 0.3 is 0 Å². The molecule has 0 bridgehead atoms. The van der Waals surface area contributed by atoms with Gasteiger partial charge in [0.15, 0.2) is 0 Å². The number of carbonyl (C=O) groups is 2. The lowest BCUT2D eigenvalue weighted by Gasteiger charge is -2.21. The highest BCUT2D eigenvalue weighted by molar-refractivity contribution is 7.89. The maximum absolute atomic E-state index is 13.2. The second-order valence-electron chi connectivity index (χ2n) is 8.32. The third-order valence-corrected chi connectivity index (χ3v) is 9.16. The Labute approximate surface area is 196 Å². The standard InChI is InChI=1S/C22H27FN4O4S2/c23-15-6-8-16(9-7-15)33(30,31)27-11-3-10-26(12-13-27)14-19(28)25-22-20(21(24)29)17-4-1-2-5-18(17)32-22/h6-9H,1-5,10-14H2,(H2,24,29)(H,25,28). The van der Waals surface area contributed by atoms with Gasteiger partial charge in [0, 0.05) is 24.5 Å². The van der Waals surface area contributed by atoms with E-state index in [-0.39, 0.29) is 23.9 Å². The minimum absolute atomic E-state index is 0.0516. The van der Waals surface area contributed by atoms with Crippen molar-refractivity contribution in [3.63, 3.8) is 0 Å². The van der Waals surface area contributed by atoms with Crippen molar-refractivity contribution in [3.05, 3.63) is 46.1 Å². The number of primary amides is 1. The van der Waals surface area contributed by atoms with Crippen molar-refractivity contribution in [1.82, 2.24) is 9.21 Å². The molecule has 0 unspecified atom stereocenters. The zero-order valence-electron chi connectivity index (χ0n) is 18.2. The molecule has 0 spiro atoms. The third kappa shape index (κ3) is 5.26. The first-order chi connectivity index (χ1) is 15.8. The SMILES string of the molecule is NC(=O)c1c(NC(=O)CN2CCCN(S(=O)(=O)c3ccc(F)cc3)CC2)sc2c1CCCC2. The van der Waals surface area contributed by atoms with Gasteiger partial charge in [0.1, 0.15) is 10.8 Å². The lowest BCUT2D eigenvalue weighted by atomic mass is 9.95. The molecule has 33 heavy (non-hydrogen) atoms. The summed E-state index contributed by atoms with van der Waals surface area (Å²) in [6.45, 7) is 1.59. The highest BCUT2D eigenvalue weighted by Gasteiger charge is 2.28. The van der Waals surface area contributed by atoms with Crippen molar-refractivity contribution in [2.24, 2.45) is 5.73 Å². The summed E-state index contributed by atoms with van der Waals surface area (Å²) in [4.78, 5) is 27.8. The number of sulfonamides is 1. The zero-order valence-corrected chi connectivity index (χ0v) is 19.8. The van der Waals surface area contributed by atoms with Crippen LogP contribution in [0.4, 0.5) is 9.39 Å². The van der Waals surface area contributed by atoms with E-state index < -0.39 is 21.7 Å². The number of benzene rings is 1. The molecule has 2 heterocycles. The Bertz CT molecular complexity index is 1150. The topological polar surface area (TPSA) is 113 Å². The van der Waals surface area contributed by atoms with Crippen LogP contribution in [0.2, 0.25) is 0 Å². The summed E-state index contributed by atoms with van der Waals surface area (Å²) >= 11 is 1.42. The highest BCUT2D eigenvalue weighted by atomic mass is 32.2. The molecule has 11 heteroatoms. The number of nitrogens with zero attached hydrogens (tertiary/aromatic N) is 2. The monoisotopic (exact) mass is 494 g/mol. The number of amides is 2. The minimum atomic E-state index is -3.73. The van der Waals surface area contributed by atoms with Crippen molar-refractivity contribution < 1.29 is 22.4 Å². The number of thiophene rings is 1. The summed E-state index contributed by atoms with van der Waals surface area (Å²) in [6, 6.07) is 4.78. The van der Waals surface area contributed by atoms with E-state index in [9.17, 15) is 22.4 Å². The van der Waals surface area contributed by atoms with E-state index in [0.717, 1.165) is 48.3 Å². The van der Waals surface area contributed by atoms with E-state index in [1.807, 2.05) is 4.90 Å². The number of halogens is 1. The van der Waals surface area contributed by atoms with Gasteiger partial charge in [-0.05, 0) is 68.5 Å². The number of hydrogen-bond donors (Lipinski definition) is 2. The normalized spacial score (nSPS) is 17.8. The van der Waals surface area contributed by atoms with Crippen LogP contribution >= 0.6 is 11.3 Å². The largest absolute Gasteiger partial charge is 0.365 e. The van der Waals surface area contributed by atoms with Crippen molar-refractivity contribution in [1.29, 1.82) is 0 Å².